The Bertz CT molecular complexity index is 379. The summed E-state index contributed by atoms with van der Waals surface area (Å²) in [4.78, 5) is 3.66. The summed E-state index contributed by atoms with van der Waals surface area (Å²) in [5.41, 5.74) is -1.71. The number of hydrogen-bond acceptors (Lipinski definition) is 4. The van der Waals surface area contributed by atoms with Crippen LogP contribution in [0, 0.1) is 0 Å². The number of rotatable bonds is 5. The van der Waals surface area contributed by atoms with Crippen molar-refractivity contribution in [3.8, 4) is 0 Å². The summed E-state index contributed by atoms with van der Waals surface area (Å²) in [6.07, 6.45) is -1.74. The maximum atomic E-state index is 12.3. The number of alkyl halides is 3. The van der Waals surface area contributed by atoms with Gasteiger partial charge in [-0.3, -0.25) is 0 Å². The molecule has 18 heavy (non-hydrogen) atoms. The predicted octanol–water partition coefficient (Wildman–Crippen LogP) is 2.63. The van der Waals surface area contributed by atoms with E-state index >= 15 is 0 Å². The lowest BCUT2D eigenvalue weighted by atomic mass is 10.1. The zero-order valence-electron chi connectivity index (χ0n) is 10.1. The fraction of sp³-hybridized carbons (Fsp3) is 0.545. The number of aromatic nitrogens is 1. The van der Waals surface area contributed by atoms with Gasteiger partial charge in [0.2, 0.25) is 0 Å². The molecule has 3 nitrogen and oxygen atoms in total. The van der Waals surface area contributed by atoms with Crippen molar-refractivity contribution in [1.29, 1.82) is 0 Å². The largest absolute Gasteiger partial charge is 0.417 e. The molecule has 1 heterocycles. The quantitative estimate of drug-likeness (QED) is 0.870. The van der Waals surface area contributed by atoms with Crippen LogP contribution in [-0.2, 0) is 6.18 Å². The van der Waals surface area contributed by atoms with Crippen molar-refractivity contribution in [2.24, 2.45) is 0 Å². The molecule has 102 valence electrons. The lowest BCUT2D eigenvalue weighted by molar-refractivity contribution is -0.137. The van der Waals surface area contributed by atoms with E-state index in [9.17, 15) is 18.3 Å². The molecule has 0 spiro atoms. The standard InChI is InChI=1S/C11H15F3N2OS/c1-10(17,7-18-2)6-16-9-4-3-8(5-15-9)11(12,13)14/h3-5,17H,6-7H2,1-2H3,(H,15,16)/t10-/m0/s1. The molecule has 1 atom stereocenters. The summed E-state index contributed by atoms with van der Waals surface area (Å²) in [5, 5.41) is 12.7. The molecule has 0 saturated carbocycles. The summed E-state index contributed by atoms with van der Waals surface area (Å²) >= 11 is 1.49. The van der Waals surface area contributed by atoms with Gasteiger partial charge in [0.25, 0.3) is 0 Å². The molecule has 0 aliphatic carbocycles. The molecule has 0 amide bonds. The van der Waals surface area contributed by atoms with Crippen molar-refractivity contribution in [3.05, 3.63) is 23.9 Å². The van der Waals surface area contributed by atoms with Gasteiger partial charge in [0, 0.05) is 18.5 Å². The molecule has 2 N–H and O–H groups in total. The number of aliphatic hydroxyl groups is 1. The summed E-state index contributed by atoms with van der Waals surface area (Å²) in [5.74, 6) is 0.838. The minimum atomic E-state index is -4.38. The van der Waals surface area contributed by atoms with Gasteiger partial charge in [-0.05, 0) is 25.3 Å². The van der Waals surface area contributed by atoms with Gasteiger partial charge in [-0.25, -0.2) is 4.98 Å². The van der Waals surface area contributed by atoms with Gasteiger partial charge in [0.1, 0.15) is 5.82 Å². The summed E-state index contributed by atoms with van der Waals surface area (Å²) < 4.78 is 36.9. The smallest absolute Gasteiger partial charge is 0.387 e. The van der Waals surface area contributed by atoms with Gasteiger partial charge in [-0.2, -0.15) is 24.9 Å². The topological polar surface area (TPSA) is 45.1 Å². The van der Waals surface area contributed by atoms with Crippen molar-refractivity contribution in [2.75, 3.05) is 23.9 Å². The molecule has 1 rings (SSSR count). The van der Waals surface area contributed by atoms with Crippen LogP contribution in [0.15, 0.2) is 18.3 Å². The molecule has 0 bridgehead atoms. The third kappa shape index (κ3) is 4.73. The molecule has 0 radical (unpaired) electrons. The molecular weight excluding hydrogens is 265 g/mol. The van der Waals surface area contributed by atoms with E-state index in [1.807, 2.05) is 6.26 Å². The van der Waals surface area contributed by atoms with Crippen LogP contribution in [0.4, 0.5) is 19.0 Å². The van der Waals surface area contributed by atoms with Gasteiger partial charge >= 0.3 is 6.18 Å². The summed E-state index contributed by atoms with van der Waals surface area (Å²) in [7, 11) is 0. The molecule has 0 unspecified atom stereocenters. The molecule has 0 aliphatic rings. The highest BCUT2D eigenvalue weighted by atomic mass is 32.2. The average molecular weight is 280 g/mol. The Morgan fingerprint density at radius 3 is 2.50 bits per heavy atom. The molecule has 7 heteroatoms. The van der Waals surface area contributed by atoms with Crippen LogP contribution in [0.3, 0.4) is 0 Å². The average Bonchev–Trinajstić information content (AvgIpc) is 2.26. The molecule has 0 fully saturated rings. The number of nitrogens with zero attached hydrogens (tertiary/aromatic N) is 1. The third-order valence-corrected chi connectivity index (χ3v) is 3.11. The van der Waals surface area contributed by atoms with Crippen LogP contribution in [0.1, 0.15) is 12.5 Å². The second-order valence-electron chi connectivity index (χ2n) is 4.21. The van der Waals surface area contributed by atoms with Crippen LogP contribution in [-0.4, -0.2) is 34.2 Å². The Morgan fingerprint density at radius 1 is 1.39 bits per heavy atom. The Hall–Kier alpha value is -0.950. The van der Waals surface area contributed by atoms with Gasteiger partial charge < -0.3 is 10.4 Å². The van der Waals surface area contributed by atoms with Gasteiger partial charge in [-0.1, -0.05) is 0 Å². The molecule has 0 aliphatic heterocycles. The Balaban J connectivity index is 2.60. The van der Waals surface area contributed by atoms with E-state index in [0.29, 0.717) is 11.6 Å². The first-order chi connectivity index (χ1) is 8.24. The van der Waals surface area contributed by atoms with E-state index in [2.05, 4.69) is 10.3 Å². The van der Waals surface area contributed by atoms with E-state index in [4.69, 9.17) is 0 Å². The zero-order valence-corrected chi connectivity index (χ0v) is 10.9. The number of anilines is 1. The minimum absolute atomic E-state index is 0.228. The van der Waals surface area contributed by atoms with Crippen LogP contribution in [0.25, 0.3) is 0 Å². The summed E-state index contributed by atoms with van der Waals surface area (Å²) in [6.45, 7) is 1.88. The minimum Gasteiger partial charge on any atom is -0.387 e. The summed E-state index contributed by atoms with van der Waals surface area (Å²) in [6, 6.07) is 2.20. The highest BCUT2D eigenvalue weighted by Gasteiger charge is 2.30. The molecule has 0 saturated heterocycles. The van der Waals surface area contributed by atoms with Crippen molar-refractivity contribution in [3.63, 3.8) is 0 Å². The molecular formula is C11H15F3N2OS. The first-order valence-electron chi connectivity index (χ1n) is 5.23. The SMILES string of the molecule is CSC[C@@](C)(O)CNc1ccc(C(F)(F)F)cn1. The van der Waals surface area contributed by atoms with Crippen LogP contribution in [0.5, 0.6) is 0 Å². The number of pyridine rings is 1. The molecule has 0 aromatic carbocycles. The van der Waals surface area contributed by atoms with E-state index in [1.54, 1.807) is 6.92 Å². The molecule has 1 aromatic heterocycles. The lowest BCUT2D eigenvalue weighted by Crippen LogP contribution is -2.36. The number of thioether (sulfide) groups is 1. The van der Waals surface area contributed by atoms with Crippen LogP contribution < -0.4 is 5.32 Å². The fourth-order valence-corrected chi connectivity index (χ4v) is 2.03. The Kier molecular flexibility index (Phi) is 4.86. The van der Waals surface area contributed by atoms with Gasteiger partial charge in [0.15, 0.2) is 0 Å². The number of halogens is 3. The normalized spacial score (nSPS) is 15.2. The zero-order chi connectivity index (χ0) is 13.8. The number of nitrogens with one attached hydrogen (secondary N) is 1. The van der Waals surface area contributed by atoms with Crippen molar-refractivity contribution >= 4 is 17.6 Å². The molecule has 1 aromatic rings. The van der Waals surface area contributed by atoms with E-state index < -0.39 is 17.3 Å². The highest BCUT2D eigenvalue weighted by molar-refractivity contribution is 7.98. The van der Waals surface area contributed by atoms with E-state index in [-0.39, 0.29) is 6.54 Å². The van der Waals surface area contributed by atoms with Crippen molar-refractivity contribution < 1.29 is 18.3 Å². The second-order valence-corrected chi connectivity index (χ2v) is 5.08. The van der Waals surface area contributed by atoms with Crippen LogP contribution in [0.2, 0.25) is 0 Å². The van der Waals surface area contributed by atoms with E-state index in [0.717, 1.165) is 12.3 Å². The van der Waals surface area contributed by atoms with E-state index in [1.165, 1.54) is 17.8 Å². The van der Waals surface area contributed by atoms with Gasteiger partial charge in [0.05, 0.1) is 11.2 Å². The first-order valence-corrected chi connectivity index (χ1v) is 6.62. The first kappa shape index (κ1) is 15.1. The maximum Gasteiger partial charge on any atom is 0.417 e. The van der Waals surface area contributed by atoms with Crippen molar-refractivity contribution in [2.45, 2.75) is 18.7 Å². The monoisotopic (exact) mass is 280 g/mol. The Morgan fingerprint density at radius 2 is 2.06 bits per heavy atom. The second kappa shape index (κ2) is 5.79. The van der Waals surface area contributed by atoms with Crippen molar-refractivity contribution in [1.82, 2.24) is 4.98 Å². The fourth-order valence-electron chi connectivity index (χ4n) is 1.31. The predicted molar refractivity (Wildman–Crippen MR) is 66.7 cm³/mol. The third-order valence-electron chi connectivity index (χ3n) is 2.20. The van der Waals surface area contributed by atoms with Gasteiger partial charge in [-0.15, -0.1) is 0 Å². The Labute approximate surface area is 108 Å². The lowest BCUT2D eigenvalue weighted by Gasteiger charge is -2.22. The highest BCUT2D eigenvalue weighted by Crippen LogP contribution is 2.28. The number of hydrogen-bond donors (Lipinski definition) is 2. The van der Waals surface area contributed by atoms with Crippen LogP contribution >= 0.6 is 11.8 Å². The maximum absolute atomic E-state index is 12.3.